The van der Waals surface area contributed by atoms with Crippen molar-refractivity contribution < 1.29 is 23.5 Å². The molecule has 0 aliphatic carbocycles. The van der Waals surface area contributed by atoms with E-state index < -0.39 is 18.0 Å². The minimum Gasteiger partial charge on any atom is -0.442 e. The van der Waals surface area contributed by atoms with Gasteiger partial charge < -0.3 is 19.7 Å². The Kier molecular flexibility index (Phi) is 6.44. The number of rotatable bonds is 6. The second kappa shape index (κ2) is 8.79. The predicted molar refractivity (Wildman–Crippen MR) is 98.4 cm³/mol. The lowest BCUT2D eigenvalue weighted by molar-refractivity contribution is -0.118. The summed E-state index contributed by atoms with van der Waals surface area (Å²) in [5.41, 5.74) is 0.918. The first kappa shape index (κ1) is 19.1. The van der Waals surface area contributed by atoms with Gasteiger partial charge in [-0.25, -0.2) is 9.18 Å². The summed E-state index contributed by atoms with van der Waals surface area (Å²) in [7, 11) is 6.31. The summed E-state index contributed by atoms with van der Waals surface area (Å²) in [6.45, 7) is 2.82. The molecule has 1 aromatic carbocycles. The quantitative estimate of drug-likeness (QED) is 0.783. The highest BCUT2D eigenvalue weighted by molar-refractivity contribution is 8.21. The van der Waals surface area contributed by atoms with Crippen molar-refractivity contribution in [2.24, 2.45) is 0 Å². The van der Waals surface area contributed by atoms with Crippen molar-refractivity contribution in [1.29, 1.82) is 0 Å². The van der Waals surface area contributed by atoms with Crippen LogP contribution in [0.2, 0.25) is 0 Å². The number of hydrogen-bond acceptors (Lipinski definition) is 6. The van der Waals surface area contributed by atoms with Crippen LogP contribution in [-0.2, 0) is 14.3 Å². The molecule has 1 aromatic rings. The lowest BCUT2D eigenvalue weighted by Gasteiger charge is -2.29. The van der Waals surface area contributed by atoms with Crippen LogP contribution < -0.4 is 15.1 Å². The van der Waals surface area contributed by atoms with Gasteiger partial charge in [0.05, 0.1) is 43.4 Å². The Morgan fingerprint density at radius 1 is 1.38 bits per heavy atom. The molecule has 2 aliphatic heterocycles. The molecule has 10 heteroatoms. The van der Waals surface area contributed by atoms with Gasteiger partial charge in [-0.1, -0.05) is 0 Å². The number of carbonyl (C=O) groups excluding carboxylic acids is 2. The lowest BCUT2D eigenvalue weighted by atomic mass is 10.2. The maximum absolute atomic E-state index is 14.5. The molecule has 26 heavy (non-hydrogen) atoms. The lowest BCUT2D eigenvalue weighted by Crippen LogP contribution is -2.37. The summed E-state index contributed by atoms with van der Waals surface area (Å²) in [6.07, 6.45) is -1.05. The van der Waals surface area contributed by atoms with Gasteiger partial charge in [-0.15, -0.1) is 0 Å². The number of cyclic esters (lactones) is 1. The zero-order valence-corrected chi connectivity index (χ0v) is 15.5. The third-order valence-electron chi connectivity index (χ3n) is 4.18. The number of anilines is 2. The Balaban J connectivity index is 1.62. The number of carbonyl (C=O) groups is 2. The van der Waals surface area contributed by atoms with Gasteiger partial charge in [-0.2, -0.15) is 0 Å². The second-order valence-electron chi connectivity index (χ2n) is 5.91. The third kappa shape index (κ3) is 4.52. The molecule has 0 unspecified atom stereocenters. The average Bonchev–Trinajstić information content (AvgIpc) is 3.02. The van der Waals surface area contributed by atoms with E-state index in [9.17, 15) is 14.0 Å². The topological polar surface area (TPSA) is 71.1 Å². The zero-order chi connectivity index (χ0) is 18.5. The summed E-state index contributed by atoms with van der Waals surface area (Å²) >= 11 is 0. The van der Waals surface area contributed by atoms with Gasteiger partial charge in [0.2, 0.25) is 5.91 Å². The molecule has 2 aliphatic rings. The molecule has 1 atom stereocenters. The van der Waals surface area contributed by atoms with Crippen LogP contribution in [0.3, 0.4) is 0 Å². The molecular formula is C16H19ClFN3O4S. The van der Waals surface area contributed by atoms with Crippen LogP contribution in [0.25, 0.3) is 0 Å². The van der Waals surface area contributed by atoms with Gasteiger partial charge in [0.25, 0.3) is 0 Å². The molecule has 2 amide bonds. The highest BCUT2D eigenvalue weighted by atomic mass is 35.7. The van der Waals surface area contributed by atoms with Gasteiger partial charge in [-0.3, -0.25) is 9.69 Å². The first-order valence-corrected chi connectivity index (χ1v) is 10.0. The SMILES string of the molecule is O=C(CSCl)NC[C@H]1CN(c2ccc(N3CCOCC3)c(F)c2)C(=O)O1. The highest BCUT2D eigenvalue weighted by Gasteiger charge is 2.33. The Bertz CT molecular complexity index is 675. The van der Waals surface area contributed by atoms with Gasteiger partial charge >= 0.3 is 6.09 Å². The summed E-state index contributed by atoms with van der Waals surface area (Å²) in [4.78, 5) is 26.8. The Morgan fingerprint density at radius 2 is 2.15 bits per heavy atom. The number of nitrogens with one attached hydrogen (secondary N) is 1. The van der Waals surface area contributed by atoms with Crippen molar-refractivity contribution in [3.63, 3.8) is 0 Å². The Morgan fingerprint density at radius 3 is 2.85 bits per heavy atom. The van der Waals surface area contributed by atoms with Crippen LogP contribution >= 0.6 is 21.7 Å². The number of ether oxygens (including phenoxy) is 2. The number of benzene rings is 1. The van der Waals surface area contributed by atoms with Gasteiger partial charge in [0, 0.05) is 13.1 Å². The standard InChI is InChI=1S/C16H19ClFN3O4S/c17-26-10-15(22)19-8-12-9-21(16(23)25-12)11-1-2-14(13(18)7-11)20-3-5-24-6-4-20/h1-2,7,12H,3-6,8-10H2,(H,19,22)/t12-/m0/s1. The first-order chi connectivity index (χ1) is 12.6. The minimum atomic E-state index is -0.561. The van der Waals surface area contributed by atoms with E-state index in [4.69, 9.17) is 20.2 Å². The van der Waals surface area contributed by atoms with Crippen molar-refractivity contribution in [3.8, 4) is 0 Å². The monoisotopic (exact) mass is 403 g/mol. The fraction of sp³-hybridized carbons (Fsp3) is 0.500. The van der Waals surface area contributed by atoms with E-state index in [1.54, 1.807) is 12.1 Å². The molecular weight excluding hydrogens is 385 g/mol. The van der Waals surface area contributed by atoms with E-state index in [0.717, 1.165) is 11.0 Å². The van der Waals surface area contributed by atoms with E-state index in [1.165, 1.54) is 11.0 Å². The van der Waals surface area contributed by atoms with Crippen molar-refractivity contribution in [3.05, 3.63) is 24.0 Å². The molecule has 2 fully saturated rings. The molecule has 0 spiro atoms. The largest absolute Gasteiger partial charge is 0.442 e. The minimum absolute atomic E-state index is 0.125. The molecule has 0 bridgehead atoms. The molecule has 1 N–H and O–H groups in total. The molecule has 3 rings (SSSR count). The van der Waals surface area contributed by atoms with Crippen LogP contribution in [0.15, 0.2) is 18.2 Å². The molecule has 0 radical (unpaired) electrons. The smallest absolute Gasteiger partial charge is 0.414 e. The van der Waals surface area contributed by atoms with Crippen LogP contribution in [0.4, 0.5) is 20.6 Å². The van der Waals surface area contributed by atoms with E-state index in [1.807, 2.05) is 4.90 Å². The van der Waals surface area contributed by atoms with Crippen molar-refractivity contribution in [2.75, 3.05) is 54.9 Å². The maximum atomic E-state index is 14.5. The summed E-state index contributed by atoms with van der Waals surface area (Å²) in [6, 6.07) is 4.69. The summed E-state index contributed by atoms with van der Waals surface area (Å²) < 4.78 is 25.0. The molecule has 2 saturated heterocycles. The normalized spacial score (nSPS) is 20.2. The van der Waals surface area contributed by atoms with Crippen LogP contribution in [0.1, 0.15) is 0 Å². The molecule has 2 heterocycles. The van der Waals surface area contributed by atoms with Crippen molar-refractivity contribution in [2.45, 2.75) is 6.10 Å². The third-order valence-corrected chi connectivity index (χ3v) is 4.88. The van der Waals surface area contributed by atoms with Crippen LogP contribution in [0, 0.1) is 5.82 Å². The zero-order valence-electron chi connectivity index (χ0n) is 14.0. The fourth-order valence-corrected chi connectivity index (χ4v) is 3.39. The molecule has 7 nitrogen and oxygen atoms in total. The number of amides is 2. The van der Waals surface area contributed by atoms with E-state index in [-0.39, 0.29) is 24.7 Å². The van der Waals surface area contributed by atoms with Gasteiger partial charge in [0.15, 0.2) is 0 Å². The average molecular weight is 404 g/mol. The van der Waals surface area contributed by atoms with E-state index in [0.29, 0.717) is 37.7 Å². The van der Waals surface area contributed by atoms with E-state index in [2.05, 4.69) is 5.32 Å². The van der Waals surface area contributed by atoms with Gasteiger partial charge in [0.1, 0.15) is 11.9 Å². The number of hydrogen-bond donors (Lipinski definition) is 1. The molecule has 0 saturated carbocycles. The van der Waals surface area contributed by atoms with Crippen LogP contribution in [0.5, 0.6) is 0 Å². The molecule has 0 aromatic heterocycles. The Labute approximate surface area is 159 Å². The second-order valence-corrected chi connectivity index (χ2v) is 7.07. The highest BCUT2D eigenvalue weighted by Crippen LogP contribution is 2.28. The predicted octanol–water partition coefficient (Wildman–Crippen LogP) is 1.99. The van der Waals surface area contributed by atoms with E-state index >= 15 is 0 Å². The fourth-order valence-electron chi connectivity index (χ4n) is 2.89. The first-order valence-electron chi connectivity index (χ1n) is 8.19. The molecule has 142 valence electrons. The number of halogens is 2. The summed E-state index contributed by atoms with van der Waals surface area (Å²) in [5.74, 6) is -0.506. The summed E-state index contributed by atoms with van der Waals surface area (Å²) in [5, 5.41) is 2.64. The van der Waals surface area contributed by atoms with Crippen molar-refractivity contribution in [1.82, 2.24) is 5.32 Å². The van der Waals surface area contributed by atoms with Crippen LogP contribution in [-0.4, -0.2) is 63.3 Å². The van der Waals surface area contributed by atoms with Crippen molar-refractivity contribution >= 4 is 45.0 Å². The Hall–Kier alpha value is -1.71. The number of morpholine rings is 1. The number of nitrogens with zero attached hydrogens (tertiary/aromatic N) is 2. The van der Waals surface area contributed by atoms with Gasteiger partial charge in [-0.05, 0) is 39.9 Å². The maximum Gasteiger partial charge on any atom is 0.414 e.